The molecule has 0 fully saturated rings. The van der Waals surface area contributed by atoms with Gasteiger partial charge >= 0.3 is 0 Å². The van der Waals surface area contributed by atoms with Crippen LogP contribution in [-0.2, 0) is 6.42 Å². The molecule has 1 aromatic rings. The first kappa shape index (κ1) is 23.2. The summed E-state index contributed by atoms with van der Waals surface area (Å²) in [5.74, 6) is 0. The van der Waals surface area contributed by atoms with Crippen molar-refractivity contribution in [1.29, 1.82) is 0 Å². The molecule has 0 aliphatic heterocycles. The number of hydrogen-bond acceptors (Lipinski definition) is 1. The minimum absolute atomic E-state index is 0. The quantitative estimate of drug-likeness (QED) is 0.323. The summed E-state index contributed by atoms with van der Waals surface area (Å²) in [7, 11) is 0. The maximum absolute atomic E-state index is 2.29. The molecular weight excluding hydrogens is 290 g/mol. The van der Waals surface area contributed by atoms with Crippen molar-refractivity contribution in [1.82, 2.24) is 6.15 Å². The Morgan fingerprint density at radius 2 is 1.00 bits per heavy atom. The smallest absolute Gasteiger partial charge is 0.0276 e. The number of aryl methyl sites for hydroxylation is 2. The van der Waals surface area contributed by atoms with E-state index < -0.39 is 0 Å². The second-order valence-electron chi connectivity index (χ2n) is 7.27. The Balaban J connectivity index is 0.00000529. The summed E-state index contributed by atoms with van der Waals surface area (Å²) in [4.78, 5) is 0. The topological polar surface area (TPSA) is 35.0 Å². The van der Waals surface area contributed by atoms with Crippen LogP contribution in [0.25, 0.3) is 0 Å². The third kappa shape index (κ3) is 12.6. The van der Waals surface area contributed by atoms with Crippen molar-refractivity contribution < 1.29 is 0 Å². The molecule has 0 amide bonds. The second kappa shape index (κ2) is 17.0. The van der Waals surface area contributed by atoms with Crippen molar-refractivity contribution in [2.24, 2.45) is 0 Å². The first-order valence-corrected chi connectivity index (χ1v) is 10.4. The van der Waals surface area contributed by atoms with Gasteiger partial charge in [0.15, 0.2) is 0 Å². The Kier molecular flexibility index (Phi) is 16.4. The van der Waals surface area contributed by atoms with E-state index >= 15 is 0 Å². The van der Waals surface area contributed by atoms with E-state index in [4.69, 9.17) is 0 Å². The highest BCUT2D eigenvalue weighted by atomic mass is 14.0. The Labute approximate surface area is 152 Å². The zero-order chi connectivity index (χ0) is 16.6. The predicted molar refractivity (Wildman–Crippen MR) is 110 cm³/mol. The van der Waals surface area contributed by atoms with Crippen LogP contribution >= 0.6 is 0 Å². The van der Waals surface area contributed by atoms with Crippen LogP contribution in [0.5, 0.6) is 0 Å². The fraction of sp³-hybridized carbons (Fsp3) is 0.739. The molecule has 0 saturated heterocycles. The molecule has 3 N–H and O–H groups in total. The highest BCUT2D eigenvalue weighted by Crippen LogP contribution is 2.15. The van der Waals surface area contributed by atoms with Gasteiger partial charge in [-0.1, -0.05) is 115 Å². The first-order valence-electron chi connectivity index (χ1n) is 10.4. The van der Waals surface area contributed by atoms with Gasteiger partial charge in [-0.05, 0) is 30.9 Å². The van der Waals surface area contributed by atoms with Gasteiger partial charge < -0.3 is 6.15 Å². The summed E-state index contributed by atoms with van der Waals surface area (Å²) in [6, 6.07) is 8.84. The minimum atomic E-state index is 0. The maximum Gasteiger partial charge on any atom is -0.0276 e. The molecule has 24 heavy (non-hydrogen) atoms. The van der Waals surface area contributed by atoms with Gasteiger partial charge in [0.05, 0.1) is 0 Å². The molecule has 0 unspecified atom stereocenters. The molecule has 0 heterocycles. The highest BCUT2D eigenvalue weighted by molar-refractivity contribution is 5.25. The van der Waals surface area contributed by atoms with Gasteiger partial charge in [-0.25, -0.2) is 0 Å². The molecule has 0 atom stereocenters. The van der Waals surface area contributed by atoms with Crippen molar-refractivity contribution in [3.05, 3.63) is 35.4 Å². The Morgan fingerprint density at radius 3 is 1.46 bits per heavy atom. The lowest BCUT2D eigenvalue weighted by Crippen LogP contribution is -1.89. The maximum atomic E-state index is 2.29. The molecule has 0 aliphatic carbocycles. The average molecular weight is 334 g/mol. The van der Waals surface area contributed by atoms with Gasteiger partial charge in [-0.2, -0.15) is 0 Å². The third-order valence-electron chi connectivity index (χ3n) is 5.06. The van der Waals surface area contributed by atoms with E-state index in [2.05, 4.69) is 38.1 Å². The summed E-state index contributed by atoms with van der Waals surface area (Å²) in [5.41, 5.74) is 3.01. The van der Waals surface area contributed by atoms with Gasteiger partial charge in [0.25, 0.3) is 0 Å². The monoisotopic (exact) mass is 333 g/mol. The zero-order valence-electron chi connectivity index (χ0n) is 16.6. The van der Waals surface area contributed by atoms with Crippen LogP contribution in [0.2, 0.25) is 0 Å². The predicted octanol–water partition coefficient (Wildman–Crippen LogP) is 8.18. The van der Waals surface area contributed by atoms with Gasteiger partial charge in [0.1, 0.15) is 0 Å². The molecular formula is C23H43N. The molecule has 0 spiro atoms. The van der Waals surface area contributed by atoms with Gasteiger partial charge in [-0.15, -0.1) is 0 Å². The van der Waals surface area contributed by atoms with E-state index in [0.29, 0.717) is 0 Å². The number of benzene rings is 1. The van der Waals surface area contributed by atoms with Crippen molar-refractivity contribution in [3.8, 4) is 0 Å². The van der Waals surface area contributed by atoms with Crippen LogP contribution in [-0.4, -0.2) is 0 Å². The van der Waals surface area contributed by atoms with Crippen LogP contribution in [0.3, 0.4) is 0 Å². The summed E-state index contributed by atoms with van der Waals surface area (Å²) < 4.78 is 0. The summed E-state index contributed by atoms with van der Waals surface area (Å²) >= 11 is 0. The molecule has 0 bridgehead atoms. The van der Waals surface area contributed by atoms with E-state index in [-0.39, 0.29) is 6.15 Å². The van der Waals surface area contributed by atoms with E-state index in [1.807, 2.05) is 0 Å². The fourth-order valence-corrected chi connectivity index (χ4v) is 3.40. The Bertz CT molecular complexity index is 372. The zero-order valence-corrected chi connectivity index (χ0v) is 16.6. The van der Waals surface area contributed by atoms with Crippen LogP contribution in [0, 0.1) is 6.92 Å². The minimum Gasteiger partial charge on any atom is -0.344 e. The molecule has 1 aromatic carbocycles. The Morgan fingerprint density at radius 1 is 0.583 bits per heavy atom. The molecule has 1 rings (SSSR count). The summed E-state index contributed by atoms with van der Waals surface area (Å²) in [5, 5.41) is 0. The van der Waals surface area contributed by atoms with Crippen molar-refractivity contribution in [2.75, 3.05) is 0 Å². The highest BCUT2D eigenvalue weighted by Gasteiger charge is 1.97. The van der Waals surface area contributed by atoms with E-state index in [0.717, 1.165) is 0 Å². The van der Waals surface area contributed by atoms with Crippen molar-refractivity contribution >= 4 is 0 Å². The fourth-order valence-electron chi connectivity index (χ4n) is 3.40. The number of rotatable bonds is 15. The van der Waals surface area contributed by atoms with Crippen LogP contribution < -0.4 is 6.15 Å². The lowest BCUT2D eigenvalue weighted by molar-refractivity contribution is 0.535. The average Bonchev–Trinajstić information content (AvgIpc) is 2.57. The largest absolute Gasteiger partial charge is 0.344 e. The lowest BCUT2D eigenvalue weighted by atomic mass is 10.0. The van der Waals surface area contributed by atoms with E-state index in [9.17, 15) is 0 Å². The van der Waals surface area contributed by atoms with Gasteiger partial charge in [-0.3, -0.25) is 0 Å². The standard InChI is InChI=1S/C23H40.H3N/c1-3-4-5-6-7-8-9-10-11-12-13-14-15-16-20-23-21-18-17-19-22(23)2;/h17-19,21H,3-16,20H2,1-2H3;1H3. The number of unbranched alkanes of at least 4 members (excludes halogenated alkanes) is 13. The van der Waals surface area contributed by atoms with E-state index in [1.54, 1.807) is 5.56 Å². The normalized spacial score (nSPS) is 10.6. The molecule has 0 aliphatic rings. The third-order valence-corrected chi connectivity index (χ3v) is 5.06. The first-order chi connectivity index (χ1) is 11.3. The Hall–Kier alpha value is -0.820. The molecule has 1 heteroatoms. The van der Waals surface area contributed by atoms with Crippen LogP contribution in [0.1, 0.15) is 108 Å². The van der Waals surface area contributed by atoms with Crippen molar-refractivity contribution in [3.63, 3.8) is 0 Å². The molecule has 0 saturated carbocycles. The van der Waals surface area contributed by atoms with Crippen LogP contribution in [0.15, 0.2) is 24.3 Å². The summed E-state index contributed by atoms with van der Waals surface area (Å²) in [6.07, 6.45) is 21.5. The summed E-state index contributed by atoms with van der Waals surface area (Å²) in [6.45, 7) is 4.53. The number of hydrogen-bond donors (Lipinski definition) is 1. The molecule has 1 nitrogen and oxygen atoms in total. The van der Waals surface area contributed by atoms with Gasteiger partial charge in [0, 0.05) is 0 Å². The second-order valence-corrected chi connectivity index (χ2v) is 7.27. The van der Waals surface area contributed by atoms with Crippen molar-refractivity contribution in [2.45, 2.75) is 110 Å². The molecule has 140 valence electrons. The molecule has 0 aromatic heterocycles. The van der Waals surface area contributed by atoms with E-state index in [1.165, 1.54) is 102 Å². The van der Waals surface area contributed by atoms with Gasteiger partial charge in [0.2, 0.25) is 0 Å². The lowest BCUT2D eigenvalue weighted by Gasteiger charge is -2.05. The SMILES string of the molecule is CCCCCCCCCCCCCCCCc1ccccc1C.N. The molecule has 0 radical (unpaired) electrons. The van der Waals surface area contributed by atoms with Crippen LogP contribution in [0.4, 0.5) is 0 Å².